The van der Waals surface area contributed by atoms with Gasteiger partial charge >= 0.3 is 0 Å². The second-order valence-corrected chi connectivity index (χ2v) is 12.8. The number of rotatable bonds is 3. The maximum atomic E-state index is 2.63. The van der Waals surface area contributed by atoms with E-state index in [1.165, 1.54) is 67.0 Å². The van der Waals surface area contributed by atoms with E-state index < -0.39 is 0 Å². The van der Waals surface area contributed by atoms with Crippen molar-refractivity contribution in [3.8, 4) is 0 Å². The zero-order valence-corrected chi connectivity index (χ0v) is 26.0. The number of anilines is 2. The van der Waals surface area contributed by atoms with Crippen molar-refractivity contribution in [2.24, 2.45) is 0 Å². The molecule has 3 nitrogen and oxygen atoms in total. The molecule has 5 aromatic rings. The van der Waals surface area contributed by atoms with Crippen molar-refractivity contribution < 1.29 is 0 Å². The van der Waals surface area contributed by atoms with Crippen molar-refractivity contribution in [2.45, 2.75) is 38.1 Å². The monoisotopic (exact) mass is 595 g/mol. The SMILES string of the molecule is C1=CC2=C(CC1)Cc1ccccc1N2C1=CC(N2C/C=C\C=C/Cc3ccccc32)CC(n2c3ccccc3c3ccccc32)=C1. The van der Waals surface area contributed by atoms with Crippen LogP contribution in [-0.4, -0.2) is 17.2 Å². The van der Waals surface area contributed by atoms with Gasteiger partial charge in [0.05, 0.1) is 17.1 Å². The quantitative estimate of drug-likeness (QED) is 0.206. The Kier molecular flexibility index (Phi) is 6.63. The Hall–Kier alpha value is -5.28. The molecule has 3 heteroatoms. The van der Waals surface area contributed by atoms with Crippen LogP contribution in [0.3, 0.4) is 0 Å². The van der Waals surface area contributed by atoms with E-state index in [9.17, 15) is 0 Å². The summed E-state index contributed by atoms with van der Waals surface area (Å²) in [5.74, 6) is 0. The lowest BCUT2D eigenvalue weighted by molar-refractivity contribution is 0.707. The predicted octanol–water partition coefficient (Wildman–Crippen LogP) is 10.1. The van der Waals surface area contributed by atoms with Crippen LogP contribution in [0, 0.1) is 0 Å². The third kappa shape index (κ3) is 4.49. The van der Waals surface area contributed by atoms with Crippen LogP contribution in [0.1, 0.15) is 30.4 Å². The molecule has 0 N–H and O–H groups in total. The van der Waals surface area contributed by atoms with Crippen molar-refractivity contribution in [3.63, 3.8) is 0 Å². The third-order valence-corrected chi connectivity index (χ3v) is 10.1. The first kappa shape index (κ1) is 27.1. The van der Waals surface area contributed by atoms with E-state index in [0.717, 1.165) is 38.6 Å². The maximum Gasteiger partial charge on any atom is 0.0554 e. The van der Waals surface area contributed by atoms with E-state index in [-0.39, 0.29) is 6.04 Å². The van der Waals surface area contributed by atoms with Gasteiger partial charge in [0.2, 0.25) is 0 Å². The summed E-state index contributed by atoms with van der Waals surface area (Å²) in [7, 11) is 0. The summed E-state index contributed by atoms with van der Waals surface area (Å²) in [5, 5.41) is 2.61. The van der Waals surface area contributed by atoms with Crippen LogP contribution >= 0.6 is 0 Å². The molecule has 1 atom stereocenters. The summed E-state index contributed by atoms with van der Waals surface area (Å²) in [6.07, 6.45) is 23.8. The fraction of sp³-hybridized carbons (Fsp3) is 0.163. The van der Waals surface area contributed by atoms with Gasteiger partial charge in [-0.25, -0.2) is 0 Å². The molecule has 0 saturated carbocycles. The highest BCUT2D eigenvalue weighted by Gasteiger charge is 2.32. The second kappa shape index (κ2) is 11.3. The Balaban J connectivity index is 1.28. The molecule has 1 aromatic heterocycles. The van der Waals surface area contributed by atoms with Gasteiger partial charge in [0.25, 0.3) is 0 Å². The van der Waals surface area contributed by atoms with Crippen molar-refractivity contribution in [2.75, 3.05) is 16.3 Å². The van der Waals surface area contributed by atoms with E-state index in [1.807, 2.05) is 0 Å². The average molecular weight is 596 g/mol. The van der Waals surface area contributed by atoms with Crippen LogP contribution in [0.4, 0.5) is 11.4 Å². The highest BCUT2D eigenvalue weighted by Crippen LogP contribution is 2.43. The highest BCUT2D eigenvalue weighted by molar-refractivity contribution is 6.10. The molecule has 224 valence electrons. The highest BCUT2D eigenvalue weighted by atomic mass is 15.2. The number of fused-ring (bicyclic) bond motifs is 5. The van der Waals surface area contributed by atoms with Gasteiger partial charge in [0, 0.05) is 52.2 Å². The summed E-state index contributed by atoms with van der Waals surface area (Å²) in [6, 6.07) is 35.9. The van der Waals surface area contributed by atoms with Gasteiger partial charge in [-0.1, -0.05) is 103 Å². The van der Waals surface area contributed by atoms with Gasteiger partial charge in [0.1, 0.15) is 0 Å². The Bertz CT molecular complexity index is 2130. The fourth-order valence-corrected chi connectivity index (χ4v) is 8.00. The molecule has 0 amide bonds. The molecule has 4 aromatic carbocycles. The molecule has 2 aliphatic carbocycles. The van der Waals surface area contributed by atoms with Crippen LogP contribution in [0.15, 0.2) is 163 Å². The first-order valence-electron chi connectivity index (χ1n) is 16.7. The minimum atomic E-state index is 0.157. The van der Waals surface area contributed by atoms with E-state index in [0.29, 0.717) is 0 Å². The topological polar surface area (TPSA) is 11.4 Å². The molecule has 2 aliphatic heterocycles. The largest absolute Gasteiger partial charge is 0.361 e. The molecule has 1 unspecified atom stereocenters. The van der Waals surface area contributed by atoms with Crippen LogP contribution in [0.25, 0.3) is 27.5 Å². The molecule has 3 heterocycles. The van der Waals surface area contributed by atoms with Gasteiger partial charge in [-0.05, 0) is 84.9 Å². The van der Waals surface area contributed by atoms with Gasteiger partial charge in [-0.15, -0.1) is 0 Å². The molecular formula is C43H37N3. The molecule has 0 fully saturated rings. The average Bonchev–Trinajstić information content (AvgIpc) is 3.49. The molecule has 0 radical (unpaired) electrons. The maximum absolute atomic E-state index is 2.63. The van der Waals surface area contributed by atoms with E-state index in [1.54, 1.807) is 0 Å². The molecular weight excluding hydrogens is 558 g/mol. The fourth-order valence-electron chi connectivity index (χ4n) is 8.00. The number of allylic oxidation sites excluding steroid dienone is 7. The molecule has 0 saturated heterocycles. The number of benzene rings is 4. The molecule has 0 bridgehead atoms. The Morgan fingerprint density at radius 3 is 2.17 bits per heavy atom. The standard InChI is InChI=1S/C43H37N3/c1-2-14-26-44(39-21-9-4-16-31(39)15-3-1)34-28-35(45-40-22-10-5-17-32(40)27-33-18-6-11-23-41(33)45)30-36(29-34)46-42-24-12-7-19-37(42)38-20-8-13-25-43(38)46/h1-5,7-14,16-17,19-25,28,30,34H,6,15,18,26-27,29H2/b3-1-,14-2-. The summed E-state index contributed by atoms with van der Waals surface area (Å²) in [4.78, 5) is 5.19. The van der Waals surface area contributed by atoms with E-state index in [4.69, 9.17) is 0 Å². The minimum absolute atomic E-state index is 0.157. The van der Waals surface area contributed by atoms with Crippen LogP contribution in [0.5, 0.6) is 0 Å². The van der Waals surface area contributed by atoms with Crippen LogP contribution < -0.4 is 9.80 Å². The molecule has 4 aliphatic rings. The summed E-state index contributed by atoms with van der Waals surface area (Å²) >= 11 is 0. The zero-order chi connectivity index (χ0) is 30.5. The van der Waals surface area contributed by atoms with Gasteiger partial charge in [0.15, 0.2) is 0 Å². The lowest BCUT2D eigenvalue weighted by Crippen LogP contribution is -2.39. The van der Waals surface area contributed by atoms with Crippen LogP contribution in [0.2, 0.25) is 0 Å². The second-order valence-electron chi connectivity index (χ2n) is 12.8. The van der Waals surface area contributed by atoms with E-state index >= 15 is 0 Å². The Morgan fingerprint density at radius 2 is 1.35 bits per heavy atom. The Labute approximate surface area is 271 Å². The normalized spacial score (nSPS) is 20.7. The first-order chi connectivity index (χ1) is 22.8. The van der Waals surface area contributed by atoms with Crippen molar-refractivity contribution in [3.05, 3.63) is 174 Å². The zero-order valence-electron chi connectivity index (χ0n) is 26.0. The van der Waals surface area contributed by atoms with Crippen molar-refractivity contribution in [1.29, 1.82) is 0 Å². The lowest BCUT2D eigenvalue weighted by atomic mass is 9.88. The van der Waals surface area contributed by atoms with E-state index in [2.05, 4.69) is 160 Å². The third-order valence-electron chi connectivity index (χ3n) is 10.1. The number of para-hydroxylation sites is 4. The van der Waals surface area contributed by atoms with Gasteiger partial charge in [-0.2, -0.15) is 0 Å². The molecule has 46 heavy (non-hydrogen) atoms. The summed E-state index contributed by atoms with van der Waals surface area (Å²) < 4.78 is 2.53. The Morgan fingerprint density at radius 1 is 0.652 bits per heavy atom. The van der Waals surface area contributed by atoms with Gasteiger partial charge < -0.3 is 14.4 Å². The number of aromatic nitrogens is 1. The molecule has 0 spiro atoms. The lowest BCUT2D eigenvalue weighted by Gasteiger charge is -2.41. The molecule has 9 rings (SSSR count). The predicted molar refractivity (Wildman–Crippen MR) is 194 cm³/mol. The minimum Gasteiger partial charge on any atom is -0.361 e. The van der Waals surface area contributed by atoms with Crippen molar-refractivity contribution >= 4 is 38.9 Å². The van der Waals surface area contributed by atoms with Crippen LogP contribution in [-0.2, 0) is 12.8 Å². The van der Waals surface area contributed by atoms with Crippen molar-refractivity contribution in [1.82, 2.24) is 4.57 Å². The smallest absolute Gasteiger partial charge is 0.0554 e. The number of hydrogen-bond donors (Lipinski definition) is 0. The van der Waals surface area contributed by atoms with Gasteiger partial charge in [-0.3, -0.25) is 0 Å². The number of hydrogen-bond acceptors (Lipinski definition) is 2. The first-order valence-corrected chi connectivity index (χ1v) is 16.7. The summed E-state index contributed by atoms with van der Waals surface area (Å²) in [6.45, 7) is 0.848. The number of nitrogens with zero attached hydrogens (tertiary/aromatic N) is 3. The summed E-state index contributed by atoms with van der Waals surface area (Å²) in [5.41, 5.74) is 13.4.